The molecular weight excluding hydrogens is 400 g/mol. The molecule has 0 radical (unpaired) electrons. The molecule has 4 rings (SSSR count). The molecule has 2 amide bonds. The number of amides is 2. The van der Waals surface area contributed by atoms with E-state index < -0.39 is 6.10 Å². The Balaban J connectivity index is 1.41. The van der Waals surface area contributed by atoms with Crippen LogP contribution in [0.1, 0.15) is 22.8 Å². The number of carbonyl (C=O) groups excluding carboxylic acids is 2. The zero-order valence-corrected chi connectivity index (χ0v) is 17.7. The van der Waals surface area contributed by atoms with Crippen LogP contribution >= 0.6 is 0 Å². The minimum absolute atomic E-state index is 0.257. The van der Waals surface area contributed by atoms with E-state index in [0.29, 0.717) is 23.5 Å². The minimum atomic E-state index is -0.739. The molecule has 0 aliphatic carbocycles. The van der Waals surface area contributed by atoms with Crippen molar-refractivity contribution >= 4 is 28.3 Å². The summed E-state index contributed by atoms with van der Waals surface area (Å²) in [5.41, 5.74) is 1.84. The molecule has 1 atom stereocenters. The molecule has 0 saturated heterocycles. The molecule has 32 heavy (non-hydrogen) atoms. The van der Waals surface area contributed by atoms with Gasteiger partial charge in [0.05, 0.1) is 11.3 Å². The summed E-state index contributed by atoms with van der Waals surface area (Å²) >= 11 is 0. The molecule has 4 aromatic carbocycles. The number of benzene rings is 4. The van der Waals surface area contributed by atoms with E-state index in [1.54, 1.807) is 31.2 Å². The number of ether oxygens (including phenoxy) is 1. The van der Waals surface area contributed by atoms with Crippen molar-refractivity contribution in [2.45, 2.75) is 19.6 Å². The molecule has 160 valence electrons. The zero-order valence-electron chi connectivity index (χ0n) is 17.7. The highest BCUT2D eigenvalue weighted by atomic mass is 16.5. The third kappa shape index (κ3) is 5.13. The first-order chi connectivity index (χ1) is 15.6. The van der Waals surface area contributed by atoms with Crippen molar-refractivity contribution in [3.8, 4) is 5.75 Å². The van der Waals surface area contributed by atoms with E-state index in [9.17, 15) is 9.59 Å². The number of carbonyl (C=O) groups is 2. The topological polar surface area (TPSA) is 67.4 Å². The summed E-state index contributed by atoms with van der Waals surface area (Å²) in [6, 6.07) is 30.3. The first-order valence-electron chi connectivity index (χ1n) is 10.5. The summed E-state index contributed by atoms with van der Waals surface area (Å²) < 4.78 is 5.85. The average molecular weight is 425 g/mol. The molecule has 0 aromatic heterocycles. The Bertz CT molecular complexity index is 1240. The van der Waals surface area contributed by atoms with Crippen LogP contribution < -0.4 is 15.4 Å². The van der Waals surface area contributed by atoms with Crippen LogP contribution in [-0.4, -0.2) is 17.9 Å². The molecule has 5 heteroatoms. The van der Waals surface area contributed by atoms with Crippen molar-refractivity contribution in [3.05, 3.63) is 108 Å². The van der Waals surface area contributed by atoms with Gasteiger partial charge in [-0.15, -0.1) is 0 Å². The standard InChI is InChI=1S/C27H24N2O3/c1-19(32-23-16-15-21-11-5-6-12-22(21)17-23)26(30)29-25-14-8-7-13-24(25)27(31)28-18-20-9-3-2-4-10-20/h2-17,19H,18H2,1H3,(H,28,31)(H,29,30). The van der Waals surface area contributed by atoms with E-state index in [1.807, 2.05) is 72.8 Å². The van der Waals surface area contributed by atoms with Gasteiger partial charge in [-0.05, 0) is 47.5 Å². The highest BCUT2D eigenvalue weighted by molar-refractivity contribution is 6.04. The lowest BCUT2D eigenvalue weighted by Gasteiger charge is -2.17. The number of rotatable bonds is 7. The maximum Gasteiger partial charge on any atom is 0.265 e. The van der Waals surface area contributed by atoms with Gasteiger partial charge in [0.15, 0.2) is 6.10 Å². The fourth-order valence-electron chi connectivity index (χ4n) is 3.40. The van der Waals surface area contributed by atoms with E-state index in [1.165, 1.54) is 0 Å². The van der Waals surface area contributed by atoms with Gasteiger partial charge in [-0.3, -0.25) is 9.59 Å². The molecule has 0 spiro atoms. The smallest absolute Gasteiger partial charge is 0.265 e. The van der Waals surface area contributed by atoms with Crippen LogP contribution in [0.3, 0.4) is 0 Å². The van der Waals surface area contributed by atoms with Gasteiger partial charge in [-0.2, -0.15) is 0 Å². The number of para-hydroxylation sites is 1. The Kier molecular flexibility index (Phi) is 6.46. The van der Waals surface area contributed by atoms with Crippen LogP contribution in [0.2, 0.25) is 0 Å². The SMILES string of the molecule is CC(Oc1ccc2ccccc2c1)C(=O)Nc1ccccc1C(=O)NCc1ccccc1. The number of hydrogen-bond donors (Lipinski definition) is 2. The largest absolute Gasteiger partial charge is 0.481 e. The van der Waals surface area contributed by atoms with Crippen molar-refractivity contribution in [2.24, 2.45) is 0 Å². The molecule has 0 saturated carbocycles. The monoisotopic (exact) mass is 424 g/mol. The fraction of sp³-hybridized carbons (Fsp3) is 0.111. The first kappa shape index (κ1) is 21.1. The molecule has 0 heterocycles. The summed E-state index contributed by atoms with van der Waals surface area (Å²) in [7, 11) is 0. The molecule has 0 fully saturated rings. The third-order valence-corrected chi connectivity index (χ3v) is 5.13. The zero-order chi connectivity index (χ0) is 22.3. The van der Waals surface area contributed by atoms with Crippen LogP contribution in [-0.2, 0) is 11.3 Å². The molecule has 4 aromatic rings. The number of anilines is 1. The summed E-state index contributed by atoms with van der Waals surface area (Å²) in [5, 5.41) is 7.86. The molecule has 1 unspecified atom stereocenters. The summed E-state index contributed by atoms with van der Waals surface area (Å²) in [4.78, 5) is 25.5. The second-order valence-corrected chi connectivity index (χ2v) is 7.47. The molecule has 2 N–H and O–H groups in total. The molecule has 0 aliphatic rings. The van der Waals surface area contributed by atoms with Crippen molar-refractivity contribution in [1.82, 2.24) is 5.32 Å². The Morgan fingerprint density at radius 3 is 2.31 bits per heavy atom. The highest BCUT2D eigenvalue weighted by Crippen LogP contribution is 2.22. The van der Waals surface area contributed by atoms with Gasteiger partial charge in [0.25, 0.3) is 11.8 Å². The normalized spacial score (nSPS) is 11.5. The van der Waals surface area contributed by atoms with E-state index in [4.69, 9.17) is 4.74 Å². The molecule has 0 aliphatic heterocycles. The Hall–Kier alpha value is -4.12. The fourth-order valence-corrected chi connectivity index (χ4v) is 3.40. The second-order valence-electron chi connectivity index (χ2n) is 7.47. The maximum atomic E-state index is 12.8. The predicted octanol–water partition coefficient (Wildman–Crippen LogP) is 5.18. The van der Waals surface area contributed by atoms with Crippen molar-refractivity contribution in [1.29, 1.82) is 0 Å². The summed E-state index contributed by atoms with van der Waals surface area (Å²) in [5.74, 6) is 0.0227. The van der Waals surface area contributed by atoms with Gasteiger partial charge >= 0.3 is 0 Å². The number of nitrogens with one attached hydrogen (secondary N) is 2. The third-order valence-electron chi connectivity index (χ3n) is 5.13. The number of fused-ring (bicyclic) bond motifs is 1. The van der Waals surface area contributed by atoms with Gasteiger partial charge in [-0.1, -0.05) is 72.8 Å². The number of hydrogen-bond acceptors (Lipinski definition) is 3. The Labute approximate surface area is 187 Å². The van der Waals surface area contributed by atoms with Crippen LogP contribution in [0.5, 0.6) is 5.75 Å². The summed E-state index contributed by atoms with van der Waals surface area (Å²) in [6.07, 6.45) is -0.739. The first-order valence-corrected chi connectivity index (χ1v) is 10.5. The van der Waals surface area contributed by atoms with Crippen LogP contribution in [0.15, 0.2) is 97.1 Å². The van der Waals surface area contributed by atoms with Crippen molar-refractivity contribution < 1.29 is 14.3 Å². The molecule has 0 bridgehead atoms. The van der Waals surface area contributed by atoms with Crippen LogP contribution in [0.4, 0.5) is 5.69 Å². The highest BCUT2D eigenvalue weighted by Gasteiger charge is 2.18. The Morgan fingerprint density at radius 2 is 1.50 bits per heavy atom. The van der Waals surface area contributed by atoms with Gasteiger partial charge in [0.2, 0.25) is 0 Å². The molecular formula is C27H24N2O3. The van der Waals surface area contributed by atoms with Gasteiger partial charge < -0.3 is 15.4 Å². The van der Waals surface area contributed by atoms with Gasteiger partial charge in [-0.25, -0.2) is 0 Å². The maximum absolute atomic E-state index is 12.8. The quantitative estimate of drug-likeness (QED) is 0.430. The van der Waals surface area contributed by atoms with Crippen molar-refractivity contribution in [2.75, 3.05) is 5.32 Å². The van der Waals surface area contributed by atoms with Gasteiger partial charge in [0.1, 0.15) is 5.75 Å². The Morgan fingerprint density at radius 1 is 0.812 bits per heavy atom. The predicted molar refractivity (Wildman–Crippen MR) is 127 cm³/mol. The lowest BCUT2D eigenvalue weighted by atomic mass is 10.1. The van der Waals surface area contributed by atoms with Crippen LogP contribution in [0.25, 0.3) is 10.8 Å². The second kappa shape index (κ2) is 9.79. The van der Waals surface area contributed by atoms with Crippen LogP contribution in [0, 0.1) is 0 Å². The van der Waals surface area contributed by atoms with E-state index in [0.717, 1.165) is 16.3 Å². The van der Waals surface area contributed by atoms with Crippen molar-refractivity contribution in [3.63, 3.8) is 0 Å². The summed E-state index contributed by atoms with van der Waals surface area (Å²) in [6.45, 7) is 2.09. The van der Waals surface area contributed by atoms with E-state index in [-0.39, 0.29) is 11.8 Å². The molecule has 5 nitrogen and oxygen atoms in total. The van der Waals surface area contributed by atoms with E-state index >= 15 is 0 Å². The van der Waals surface area contributed by atoms with Gasteiger partial charge in [0, 0.05) is 6.54 Å². The van der Waals surface area contributed by atoms with E-state index in [2.05, 4.69) is 10.6 Å². The lowest BCUT2D eigenvalue weighted by molar-refractivity contribution is -0.122. The average Bonchev–Trinajstić information content (AvgIpc) is 2.83. The minimum Gasteiger partial charge on any atom is -0.481 e. The lowest BCUT2D eigenvalue weighted by Crippen LogP contribution is -2.31.